The highest BCUT2D eigenvalue weighted by atomic mass is 32.2. The lowest BCUT2D eigenvalue weighted by Crippen LogP contribution is -2.32. The molecule has 0 atom stereocenters. The molecule has 0 saturated carbocycles. The molecular weight excluding hydrogens is 346 g/mol. The number of ether oxygens (including phenoxy) is 1. The number of sulfonamides is 1. The molecule has 2 aromatic rings. The van der Waals surface area contributed by atoms with Gasteiger partial charge in [0.05, 0.1) is 13.4 Å². The molecule has 0 bridgehead atoms. The van der Waals surface area contributed by atoms with E-state index >= 15 is 0 Å². The van der Waals surface area contributed by atoms with Gasteiger partial charge in [-0.05, 0) is 24.6 Å². The van der Waals surface area contributed by atoms with Crippen molar-refractivity contribution in [2.24, 2.45) is 0 Å². The molecule has 2 rings (SSSR count). The van der Waals surface area contributed by atoms with Gasteiger partial charge in [-0.3, -0.25) is 4.79 Å². The van der Waals surface area contributed by atoms with Crippen molar-refractivity contribution in [3.63, 3.8) is 0 Å². The first kappa shape index (κ1) is 18.9. The van der Waals surface area contributed by atoms with Gasteiger partial charge in [-0.15, -0.1) is 0 Å². The van der Waals surface area contributed by atoms with Crippen LogP contribution < -0.4 is 10.1 Å². The van der Waals surface area contributed by atoms with Crippen molar-refractivity contribution in [2.75, 3.05) is 25.2 Å². The summed E-state index contributed by atoms with van der Waals surface area (Å²) < 4.78 is 35.1. The van der Waals surface area contributed by atoms with E-state index in [9.17, 15) is 13.2 Å². The fourth-order valence-corrected chi connectivity index (χ4v) is 2.96. The summed E-state index contributed by atoms with van der Waals surface area (Å²) in [5, 5.41) is 6.23. The molecule has 25 heavy (non-hydrogen) atoms. The van der Waals surface area contributed by atoms with E-state index in [0.717, 1.165) is 11.8 Å². The number of hydrogen-bond acceptors (Lipinski definition) is 6. The summed E-state index contributed by atoms with van der Waals surface area (Å²) in [5.74, 6) is 1.24. The minimum atomic E-state index is -3.46. The molecule has 1 N–H and O–H groups in total. The third-order valence-electron chi connectivity index (χ3n) is 3.47. The Balaban J connectivity index is 1.96. The van der Waals surface area contributed by atoms with Gasteiger partial charge in [-0.25, -0.2) is 8.42 Å². The number of amides is 1. The molecule has 1 amide bonds. The van der Waals surface area contributed by atoms with Crippen LogP contribution in [0.25, 0.3) is 0 Å². The van der Waals surface area contributed by atoms with Crippen LogP contribution in [0.15, 0.2) is 34.9 Å². The average Bonchev–Trinajstić information content (AvgIpc) is 2.95. The van der Waals surface area contributed by atoms with Crippen LogP contribution in [0, 0.1) is 6.92 Å². The molecule has 0 aliphatic rings. The fraction of sp³-hybridized carbons (Fsp3) is 0.375. The largest absolute Gasteiger partial charge is 0.497 e. The van der Waals surface area contributed by atoms with Crippen LogP contribution in [0.1, 0.15) is 17.7 Å². The van der Waals surface area contributed by atoms with Crippen molar-refractivity contribution in [3.8, 4) is 5.75 Å². The number of nitrogens with zero attached hydrogens (tertiary/aromatic N) is 2. The van der Waals surface area contributed by atoms with Crippen molar-refractivity contribution in [3.05, 3.63) is 41.7 Å². The average molecular weight is 367 g/mol. The Morgan fingerprint density at radius 2 is 2.00 bits per heavy atom. The third-order valence-corrected chi connectivity index (χ3v) is 4.72. The van der Waals surface area contributed by atoms with E-state index in [1.54, 1.807) is 44.4 Å². The molecule has 0 aliphatic heterocycles. The first-order valence-corrected chi connectivity index (χ1v) is 9.44. The van der Waals surface area contributed by atoms with Crippen molar-refractivity contribution < 1.29 is 22.5 Å². The van der Waals surface area contributed by atoms with E-state index in [4.69, 9.17) is 9.26 Å². The van der Waals surface area contributed by atoms with Gasteiger partial charge in [-0.2, -0.15) is 4.31 Å². The Kier molecular flexibility index (Phi) is 6.16. The van der Waals surface area contributed by atoms with Crippen LogP contribution in [0.3, 0.4) is 0 Å². The number of hydrogen-bond donors (Lipinski definition) is 1. The van der Waals surface area contributed by atoms with Gasteiger partial charge < -0.3 is 14.6 Å². The zero-order valence-corrected chi connectivity index (χ0v) is 15.2. The number of methoxy groups -OCH3 is 1. The number of carbonyl (C=O) groups excluding carboxylic acids is 1. The first-order chi connectivity index (χ1) is 11.8. The molecule has 0 spiro atoms. The number of aromatic nitrogens is 1. The lowest BCUT2D eigenvalue weighted by atomic mass is 10.2. The second-order valence-corrected chi connectivity index (χ2v) is 7.55. The SMILES string of the molecule is COc1ccc(CN(CCC(=O)Nc2cc(C)on2)S(C)(=O)=O)cc1. The van der Waals surface area contributed by atoms with Crippen LogP contribution in [0.5, 0.6) is 5.75 Å². The van der Waals surface area contributed by atoms with Crippen molar-refractivity contribution >= 4 is 21.7 Å². The van der Waals surface area contributed by atoms with Gasteiger partial charge in [-0.1, -0.05) is 17.3 Å². The van der Waals surface area contributed by atoms with E-state index in [1.807, 2.05) is 0 Å². The van der Waals surface area contributed by atoms with Gasteiger partial charge in [0.15, 0.2) is 5.82 Å². The Bertz CT molecular complexity index is 815. The quantitative estimate of drug-likeness (QED) is 0.763. The van der Waals surface area contributed by atoms with Crippen molar-refractivity contribution in [1.82, 2.24) is 9.46 Å². The molecule has 9 heteroatoms. The lowest BCUT2D eigenvalue weighted by molar-refractivity contribution is -0.116. The van der Waals surface area contributed by atoms with E-state index in [0.29, 0.717) is 17.3 Å². The smallest absolute Gasteiger partial charge is 0.226 e. The summed E-state index contributed by atoms with van der Waals surface area (Å²) >= 11 is 0. The number of benzene rings is 1. The standard InChI is InChI=1S/C16H21N3O5S/c1-12-10-15(18-24-12)17-16(20)8-9-19(25(3,21)22)11-13-4-6-14(23-2)7-5-13/h4-7,10H,8-9,11H2,1-3H3,(H,17,18,20). The third kappa shape index (κ3) is 5.87. The van der Waals surface area contributed by atoms with Gasteiger partial charge in [0, 0.05) is 25.6 Å². The molecule has 1 aromatic carbocycles. The van der Waals surface area contributed by atoms with E-state index in [2.05, 4.69) is 10.5 Å². The first-order valence-electron chi connectivity index (χ1n) is 7.59. The van der Waals surface area contributed by atoms with Crippen LogP contribution in [0.2, 0.25) is 0 Å². The molecule has 0 fully saturated rings. The van der Waals surface area contributed by atoms with Gasteiger partial charge in [0.25, 0.3) is 0 Å². The maximum absolute atomic E-state index is 12.0. The summed E-state index contributed by atoms with van der Waals surface area (Å²) in [4.78, 5) is 12.0. The number of rotatable bonds is 8. The van der Waals surface area contributed by atoms with Crippen LogP contribution in [-0.2, 0) is 21.4 Å². The minimum absolute atomic E-state index is 0.00906. The molecular formula is C16H21N3O5S. The summed E-state index contributed by atoms with van der Waals surface area (Å²) in [6, 6.07) is 8.68. The number of carbonyl (C=O) groups is 1. The van der Waals surface area contributed by atoms with Crippen LogP contribution in [-0.4, -0.2) is 43.7 Å². The highest BCUT2D eigenvalue weighted by molar-refractivity contribution is 7.88. The molecule has 1 heterocycles. The molecule has 0 aliphatic carbocycles. The predicted octanol–water partition coefficient (Wildman–Crippen LogP) is 1.78. The molecule has 1 aromatic heterocycles. The Labute approximate surface area is 146 Å². The van der Waals surface area contributed by atoms with Crippen molar-refractivity contribution in [1.29, 1.82) is 0 Å². The monoisotopic (exact) mass is 367 g/mol. The van der Waals surface area contributed by atoms with Crippen molar-refractivity contribution in [2.45, 2.75) is 19.9 Å². The van der Waals surface area contributed by atoms with Crippen LogP contribution >= 0.6 is 0 Å². The second kappa shape index (κ2) is 8.13. The number of aryl methyl sites for hydroxylation is 1. The minimum Gasteiger partial charge on any atom is -0.497 e. The van der Waals surface area contributed by atoms with E-state index in [-0.39, 0.29) is 25.4 Å². The molecule has 0 radical (unpaired) electrons. The summed E-state index contributed by atoms with van der Waals surface area (Å²) in [7, 11) is -1.89. The maximum Gasteiger partial charge on any atom is 0.226 e. The normalized spacial score (nSPS) is 11.5. The number of nitrogens with one attached hydrogen (secondary N) is 1. The zero-order chi connectivity index (χ0) is 18.4. The highest BCUT2D eigenvalue weighted by Crippen LogP contribution is 2.15. The topological polar surface area (TPSA) is 102 Å². The Hall–Kier alpha value is -2.39. The highest BCUT2D eigenvalue weighted by Gasteiger charge is 2.19. The lowest BCUT2D eigenvalue weighted by Gasteiger charge is -2.19. The summed E-state index contributed by atoms with van der Waals surface area (Å²) in [5.41, 5.74) is 0.804. The van der Waals surface area contributed by atoms with E-state index < -0.39 is 10.0 Å². The maximum atomic E-state index is 12.0. The summed E-state index contributed by atoms with van der Waals surface area (Å²) in [6.45, 7) is 1.95. The van der Waals surface area contributed by atoms with Gasteiger partial charge >= 0.3 is 0 Å². The predicted molar refractivity (Wildman–Crippen MR) is 92.7 cm³/mol. The van der Waals surface area contributed by atoms with E-state index in [1.165, 1.54) is 4.31 Å². The Morgan fingerprint density at radius 3 is 2.52 bits per heavy atom. The molecule has 0 unspecified atom stereocenters. The van der Waals surface area contributed by atoms with Gasteiger partial charge in [0.2, 0.25) is 15.9 Å². The Morgan fingerprint density at radius 1 is 1.32 bits per heavy atom. The summed E-state index contributed by atoms with van der Waals surface area (Å²) in [6.07, 6.45) is 1.13. The second-order valence-electron chi connectivity index (χ2n) is 5.57. The van der Waals surface area contributed by atoms with Gasteiger partial charge in [0.1, 0.15) is 11.5 Å². The molecule has 136 valence electrons. The molecule has 0 saturated heterocycles. The number of anilines is 1. The molecule has 8 nitrogen and oxygen atoms in total. The zero-order valence-electron chi connectivity index (χ0n) is 14.4. The van der Waals surface area contributed by atoms with Crippen LogP contribution in [0.4, 0.5) is 5.82 Å². The fourth-order valence-electron chi connectivity index (χ4n) is 2.15.